The van der Waals surface area contributed by atoms with E-state index < -0.39 is 41.2 Å². The van der Waals surface area contributed by atoms with Crippen LogP contribution in [-0.4, -0.2) is 48.9 Å². The first-order valence-electron chi connectivity index (χ1n) is 7.30. The summed E-state index contributed by atoms with van der Waals surface area (Å²) in [5.74, 6) is -2.55. The second-order valence-corrected chi connectivity index (χ2v) is 7.07. The van der Waals surface area contributed by atoms with Gasteiger partial charge in [0.05, 0.1) is 7.11 Å². The van der Waals surface area contributed by atoms with Gasteiger partial charge in [0.1, 0.15) is 23.2 Å². The number of hydrogen-bond acceptors (Lipinski definition) is 7. The van der Waals surface area contributed by atoms with Crippen molar-refractivity contribution < 1.29 is 28.6 Å². The summed E-state index contributed by atoms with van der Waals surface area (Å²) in [5.41, 5.74) is 4.37. The van der Waals surface area contributed by atoms with Crippen LogP contribution in [-0.2, 0) is 23.8 Å². The zero-order chi connectivity index (χ0) is 18.4. The fourth-order valence-electron chi connectivity index (χ4n) is 1.55. The molecule has 0 aromatic heterocycles. The van der Waals surface area contributed by atoms with E-state index in [1.165, 1.54) is 7.11 Å². The largest absolute Gasteiger partial charge is 0.469 e. The highest BCUT2D eigenvalue weighted by Crippen LogP contribution is 2.13. The van der Waals surface area contributed by atoms with Crippen molar-refractivity contribution in [3.63, 3.8) is 0 Å². The molecule has 0 aliphatic heterocycles. The molecule has 0 saturated carbocycles. The SMILES string of the molecule is COC(=O)C(CNC(=O)OC(C)(C)C)C(N)C(=O)OC(C)(C)C. The molecule has 0 aromatic carbocycles. The average Bonchev–Trinajstić information content (AvgIpc) is 2.33. The first-order chi connectivity index (χ1) is 10.3. The topological polar surface area (TPSA) is 117 Å². The maximum atomic E-state index is 12.0. The highest BCUT2D eigenvalue weighted by Gasteiger charge is 2.35. The van der Waals surface area contributed by atoms with Gasteiger partial charge in [-0.1, -0.05) is 0 Å². The Bertz CT molecular complexity index is 436. The summed E-state index contributed by atoms with van der Waals surface area (Å²) >= 11 is 0. The Balaban J connectivity index is 4.86. The third kappa shape index (κ3) is 9.02. The zero-order valence-electron chi connectivity index (χ0n) is 14.9. The number of ether oxygens (including phenoxy) is 3. The smallest absolute Gasteiger partial charge is 0.407 e. The predicted molar refractivity (Wildman–Crippen MR) is 83.6 cm³/mol. The van der Waals surface area contributed by atoms with Gasteiger partial charge in [-0.05, 0) is 41.5 Å². The molecule has 1 amide bonds. The summed E-state index contributed by atoms with van der Waals surface area (Å²) in [4.78, 5) is 35.5. The van der Waals surface area contributed by atoms with Crippen molar-refractivity contribution in [1.82, 2.24) is 5.32 Å². The van der Waals surface area contributed by atoms with Gasteiger partial charge in [0.25, 0.3) is 0 Å². The molecule has 0 saturated heterocycles. The second kappa shape index (κ2) is 8.14. The summed E-state index contributed by atoms with van der Waals surface area (Å²) in [6.07, 6.45) is -0.720. The van der Waals surface area contributed by atoms with Crippen LogP contribution in [0.5, 0.6) is 0 Å². The number of carbonyl (C=O) groups excluding carboxylic acids is 3. The Labute approximate surface area is 137 Å². The molecule has 0 heterocycles. The molecule has 0 aliphatic carbocycles. The Hall–Kier alpha value is -1.83. The average molecular weight is 332 g/mol. The number of esters is 2. The van der Waals surface area contributed by atoms with E-state index in [9.17, 15) is 14.4 Å². The number of methoxy groups -OCH3 is 1. The van der Waals surface area contributed by atoms with Crippen LogP contribution < -0.4 is 11.1 Å². The molecular weight excluding hydrogens is 304 g/mol. The molecule has 3 N–H and O–H groups in total. The van der Waals surface area contributed by atoms with Gasteiger partial charge >= 0.3 is 18.0 Å². The molecule has 0 bridgehead atoms. The minimum absolute atomic E-state index is 0.206. The molecule has 0 fully saturated rings. The van der Waals surface area contributed by atoms with Crippen molar-refractivity contribution in [2.24, 2.45) is 11.7 Å². The van der Waals surface area contributed by atoms with E-state index in [1.54, 1.807) is 41.5 Å². The first-order valence-corrected chi connectivity index (χ1v) is 7.30. The van der Waals surface area contributed by atoms with Crippen LogP contribution >= 0.6 is 0 Å². The third-order valence-electron chi connectivity index (χ3n) is 2.48. The van der Waals surface area contributed by atoms with Crippen LogP contribution in [0.1, 0.15) is 41.5 Å². The van der Waals surface area contributed by atoms with Crippen LogP contribution in [0.25, 0.3) is 0 Å². The minimum atomic E-state index is -1.27. The molecule has 134 valence electrons. The van der Waals surface area contributed by atoms with Crippen LogP contribution in [0.2, 0.25) is 0 Å². The van der Waals surface area contributed by atoms with Crippen LogP contribution in [0, 0.1) is 5.92 Å². The molecule has 2 unspecified atom stereocenters. The van der Waals surface area contributed by atoms with Gasteiger partial charge in [0.2, 0.25) is 0 Å². The molecular formula is C15H28N2O6. The number of hydrogen-bond donors (Lipinski definition) is 2. The zero-order valence-corrected chi connectivity index (χ0v) is 14.9. The Morgan fingerprint density at radius 3 is 1.83 bits per heavy atom. The Morgan fingerprint density at radius 1 is 0.957 bits per heavy atom. The molecule has 0 rings (SSSR count). The first kappa shape index (κ1) is 21.2. The van der Waals surface area contributed by atoms with E-state index in [0.29, 0.717) is 0 Å². The summed E-state index contributed by atoms with van der Waals surface area (Å²) in [6, 6.07) is -1.27. The highest BCUT2D eigenvalue weighted by molar-refractivity contribution is 5.85. The second-order valence-electron chi connectivity index (χ2n) is 7.07. The summed E-state index contributed by atoms with van der Waals surface area (Å²) in [6.45, 7) is 9.96. The van der Waals surface area contributed by atoms with Gasteiger partial charge < -0.3 is 25.3 Å². The van der Waals surface area contributed by atoms with Crippen molar-refractivity contribution in [2.45, 2.75) is 58.8 Å². The van der Waals surface area contributed by atoms with Gasteiger partial charge in [-0.3, -0.25) is 9.59 Å². The van der Waals surface area contributed by atoms with Crippen molar-refractivity contribution in [2.75, 3.05) is 13.7 Å². The van der Waals surface area contributed by atoms with E-state index in [0.717, 1.165) is 0 Å². The molecule has 0 radical (unpaired) electrons. The molecule has 0 aliphatic rings. The Morgan fingerprint density at radius 2 is 1.43 bits per heavy atom. The van der Waals surface area contributed by atoms with E-state index in [-0.39, 0.29) is 6.54 Å². The third-order valence-corrected chi connectivity index (χ3v) is 2.48. The number of carbonyl (C=O) groups is 3. The maximum Gasteiger partial charge on any atom is 0.407 e. The summed E-state index contributed by atoms with van der Waals surface area (Å²) < 4.78 is 14.8. The van der Waals surface area contributed by atoms with Gasteiger partial charge in [0, 0.05) is 6.54 Å². The van der Waals surface area contributed by atoms with E-state index >= 15 is 0 Å². The van der Waals surface area contributed by atoms with Gasteiger partial charge in [-0.2, -0.15) is 0 Å². The molecule has 23 heavy (non-hydrogen) atoms. The van der Waals surface area contributed by atoms with Gasteiger partial charge in [-0.25, -0.2) is 4.79 Å². The lowest BCUT2D eigenvalue weighted by molar-refractivity contribution is -0.162. The minimum Gasteiger partial charge on any atom is -0.469 e. The lowest BCUT2D eigenvalue weighted by atomic mass is 10.0. The fourth-order valence-corrected chi connectivity index (χ4v) is 1.55. The highest BCUT2D eigenvalue weighted by atomic mass is 16.6. The normalized spacial score (nSPS) is 14.4. The van der Waals surface area contributed by atoms with Gasteiger partial charge in [0.15, 0.2) is 0 Å². The molecule has 8 heteroatoms. The predicted octanol–water partition coefficient (Wildman–Crippen LogP) is 0.969. The van der Waals surface area contributed by atoms with E-state index in [1.807, 2.05) is 0 Å². The van der Waals surface area contributed by atoms with Crippen molar-refractivity contribution in [1.29, 1.82) is 0 Å². The van der Waals surface area contributed by atoms with Crippen LogP contribution in [0.3, 0.4) is 0 Å². The number of nitrogens with one attached hydrogen (secondary N) is 1. The molecule has 0 aromatic rings. The van der Waals surface area contributed by atoms with Gasteiger partial charge in [-0.15, -0.1) is 0 Å². The monoisotopic (exact) mass is 332 g/mol. The van der Waals surface area contributed by atoms with Crippen molar-refractivity contribution >= 4 is 18.0 Å². The number of nitrogens with two attached hydrogens (primary N) is 1. The Kier molecular flexibility index (Phi) is 7.50. The fraction of sp³-hybridized carbons (Fsp3) is 0.800. The number of rotatable bonds is 5. The van der Waals surface area contributed by atoms with Crippen molar-refractivity contribution in [3.8, 4) is 0 Å². The van der Waals surface area contributed by atoms with Crippen LogP contribution in [0.15, 0.2) is 0 Å². The maximum absolute atomic E-state index is 12.0. The van der Waals surface area contributed by atoms with Crippen LogP contribution in [0.4, 0.5) is 4.79 Å². The number of amides is 1. The quantitative estimate of drug-likeness (QED) is 0.569. The standard InChI is InChI=1S/C15H28N2O6/c1-14(2,3)22-12(19)10(16)9(11(18)21-7)8-17-13(20)23-15(4,5)6/h9-10H,8,16H2,1-7H3,(H,17,20). The van der Waals surface area contributed by atoms with Crippen molar-refractivity contribution in [3.05, 3.63) is 0 Å². The lowest BCUT2D eigenvalue weighted by Gasteiger charge is -2.26. The molecule has 8 nitrogen and oxygen atoms in total. The molecule has 2 atom stereocenters. The summed E-state index contributed by atoms with van der Waals surface area (Å²) in [5, 5.41) is 2.40. The molecule has 0 spiro atoms. The van der Waals surface area contributed by atoms with E-state index in [2.05, 4.69) is 10.1 Å². The summed E-state index contributed by atoms with van der Waals surface area (Å²) in [7, 11) is 1.17. The van der Waals surface area contributed by atoms with E-state index in [4.69, 9.17) is 15.2 Å². The lowest BCUT2D eigenvalue weighted by Crippen LogP contribution is -2.50. The number of alkyl carbamates (subject to hydrolysis) is 1.